The predicted molar refractivity (Wildman–Crippen MR) is 62.0 cm³/mol. The molecule has 5 heteroatoms. The Kier molecular flexibility index (Phi) is 4.92. The van der Waals surface area contributed by atoms with Gasteiger partial charge in [-0.1, -0.05) is 0 Å². The molecule has 0 bridgehead atoms. The minimum atomic E-state index is -0.859. The maximum atomic E-state index is 10.4. The lowest BCUT2D eigenvalue weighted by atomic mass is 9.93. The number of methoxy groups -OCH3 is 1. The van der Waals surface area contributed by atoms with Crippen LogP contribution in [-0.4, -0.2) is 40.7 Å². The van der Waals surface area contributed by atoms with E-state index in [4.69, 9.17) is 10.5 Å². The van der Waals surface area contributed by atoms with Gasteiger partial charge in [0.2, 0.25) is 0 Å². The van der Waals surface area contributed by atoms with Crippen molar-refractivity contribution in [2.45, 2.75) is 24.9 Å². The highest BCUT2D eigenvalue weighted by atomic mass is 16.5. The van der Waals surface area contributed by atoms with E-state index in [1.54, 1.807) is 11.8 Å². The van der Waals surface area contributed by atoms with E-state index in [-0.39, 0.29) is 0 Å². The number of aryl methyl sites for hydroxylation is 1. The molecule has 0 aliphatic carbocycles. The third kappa shape index (κ3) is 3.92. The largest absolute Gasteiger partial charge is 0.387 e. The molecule has 0 saturated carbocycles. The summed E-state index contributed by atoms with van der Waals surface area (Å²) in [5.41, 5.74) is 5.47. The van der Waals surface area contributed by atoms with Gasteiger partial charge in [0.1, 0.15) is 0 Å². The first kappa shape index (κ1) is 13.2. The molecule has 5 nitrogen and oxygen atoms in total. The van der Waals surface area contributed by atoms with Crippen LogP contribution in [-0.2, 0) is 18.2 Å². The lowest BCUT2D eigenvalue weighted by Gasteiger charge is -2.26. The quantitative estimate of drug-likeness (QED) is 0.692. The van der Waals surface area contributed by atoms with Gasteiger partial charge in [0.15, 0.2) is 0 Å². The number of rotatable bonds is 7. The molecule has 1 aromatic heterocycles. The van der Waals surface area contributed by atoms with Crippen LogP contribution in [0, 0.1) is 0 Å². The van der Waals surface area contributed by atoms with Crippen LogP contribution in [0.25, 0.3) is 0 Å². The minimum Gasteiger partial charge on any atom is -0.387 e. The highest BCUT2D eigenvalue weighted by molar-refractivity contribution is 5.04. The van der Waals surface area contributed by atoms with E-state index in [1.807, 2.05) is 19.3 Å². The van der Waals surface area contributed by atoms with Gasteiger partial charge in [-0.25, -0.2) is 0 Å². The van der Waals surface area contributed by atoms with Gasteiger partial charge < -0.3 is 15.6 Å². The Hall–Kier alpha value is -0.910. The predicted octanol–water partition coefficient (Wildman–Crippen LogP) is 0.0790. The molecule has 0 aliphatic heterocycles. The number of ether oxygens (including phenoxy) is 1. The normalized spacial score (nSPS) is 15.0. The monoisotopic (exact) mass is 227 g/mol. The highest BCUT2D eigenvalue weighted by Crippen LogP contribution is 2.18. The fourth-order valence-corrected chi connectivity index (χ4v) is 1.81. The second kappa shape index (κ2) is 5.98. The van der Waals surface area contributed by atoms with Gasteiger partial charge in [0.05, 0.1) is 17.9 Å². The van der Waals surface area contributed by atoms with Crippen LogP contribution in [0.2, 0.25) is 0 Å². The van der Waals surface area contributed by atoms with Gasteiger partial charge in [0, 0.05) is 26.8 Å². The molecule has 0 aromatic carbocycles. The summed E-state index contributed by atoms with van der Waals surface area (Å²) >= 11 is 0. The first-order chi connectivity index (χ1) is 7.59. The van der Waals surface area contributed by atoms with Crippen molar-refractivity contribution in [2.75, 3.05) is 20.3 Å². The molecule has 1 aromatic rings. The fourth-order valence-electron chi connectivity index (χ4n) is 1.81. The average Bonchev–Trinajstić information content (AvgIpc) is 2.61. The van der Waals surface area contributed by atoms with E-state index < -0.39 is 5.60 Å². The van der Waals surface area contributed by atoms with E-state index in [1.165, 1.54) is 0 Å². The Bertz CT molecular complexity index is 314. The van der Waals surface area contributed by atoms with Crippen LogP contribution in [0.5, 0.6) is 0 Å². The van der Waals surface area contributed by atoms with Crippen molar-refractivity contribution in [1.82, 2.24) is 9.78 Å². The molecule has 0 saturated heterocycles. The number of aromatic nitrogens is 2. The Morgan fingerprint density at radius 3 is 2.88 bits per heavy atom. The molecular weight excluding hydrogens is 206 g/mol. The van der Waals surface area contributed by atoms with E-state index in [0.29, 0.717) is 26.0 Å². The van der Waals surface area contributed by atoms with E-state index in [9.17, 15) is 5.11 Å². The van der Waals surface area contributed by atoms with Crippen LogP contribution >= 0.6 is 0 Å². The second-order valence-electron chi connectivity index (χ2n) is 4.21. The molecule has 1 unspecified atom stereocenters. The van der Waals surface area contributed by atoms with Gasteiger partial charge in [-0.15, -0.1) is 0 Å². The van der Waals surface area contributed by atoms with Crippen LogP contribution in [0.3, 0.4) is 0 Å². The number of nitrogens with zero attached hydrogens (tertiary/aromatic N) is 2. The summed E-state index contributed by atoms with van der Waals surface area (Å²) in [6, 6.07) is 1.91. The molecule has 0 radical (unpaired) electrons. The number of hydrogen-bond acceptors (Lipinski definition) is 4. The minimum absolute atomic E-state index is 0.309. The third-order valence-electron chi connectivity index (χ3n) is 2.54. The highest BCUT2D eigenvalue weighted by Gasteiger charge is 2.27. The van der Waals surface area contributed by atoms with Crippen molar-refractivity contribution < 1.29 is 9.84 Å². The lowest BCUT2D eigenvalue weighted by molar-refractivity contribution is -0.0382. The zero-order valence-corrected chi connectivity index (χ0v) is 10.0. The maximum Gasteiger partial charge on any atom is 0.0936 e. The summed E-state index contributed by atoms with van der Waals surface area (Å²) in [6.45, 7) is 0.887. The van der Waals surface area contributed by atoms with E-state index in [2.05, 4.69) is 5.10 Å². The fraction of sp³-hybridized carbons (Fsp3) is 0.727. The molecule has 1 atom stereocenters. The zero-order valence-electron chi connectivity index (χ0n) is 10.0. The SMILES string of the molecule is COCC(O)(CCCN)Cc1ccn(C)n1. The van der Waals surface area contributed by atoms with Crippen molar-refractivity contribution in [1.29, 1.82) is 0 Å². The summed E-state index contributed by atoms with van der Waals surface area (Å²) < 4.78 is 6.79. The van der Waals surface area contributed by atoms with Crippen molar-refractivity contribution in [3.8, 4) is 0 Å². The van der Waals surface area contributed by atoms with Crippen LogP contribution in [0.1, 0.15) is 18.5 Å². The van der Waals surface area contributed by atoms with Gasteiger partial charge in [-0.2, -0.15) is 5.10 Å². The summed E-state index contributed by atoms with van der Waals surface area (Å²) in [7, 11) is 3.45. The van der Waals surface area contributed by atoms with Crippen molar-refractivity contribution in [3.05, 3.63) is 18.0 Å². The number of aliphatic hydroxyl groups is 1. The molecule has 1 heterocycles. The molecule has 1 rings (SSSR count). The number of hydrogen-bond donors (Lipinski definition) is 2. The Labute approximate surface area is 96.2 Å². The second-order valence-corrected chi connectivity index (χ2v) is 4.21. The molecule has 0 fully saturated rings. The standard InChI is InChI=1S/C11H21N3O2/c1-14-7-4-10(13-14)8-11(15,9-16-2)5-3-6-12/h4,7,15H,3,5-6,8-9,12H2,1-2H3. The molecule has 0 amide bonds. The van der Waals surface area contributed by atoms with Crippen LogP contribution in [0.4, 0.5) is 0 Å². The van der Waals surface area contributed by atoms with Crippen molar-refractivity contribution >= 4 is 0 Å². The topological polar surface area (TPSA) is 73.3 Å². The summed E-state index contributed by atoms with van der Waals surface area (Å²) in [6.07, 6.45) is 3.79. The Balaban J connectivity index is 2.62. The first-order valence-electron chi connectivity index (χ1n) is 5.49. The smallest absolute Gasteiger partial charge is 0.0936 e. The molecular formula is C11H21N3O2. The average molecular weight is 227 g/mol. The van der Waals surface area contributed by atoms with Crippen LogP contribution in [0.15, 0.2) is 12.3 Å². The lowest BCUT2D eigenvalue weighted by Crippen LogP contribution is -2.37. The van der Waals surface area contributed by atoms with Crippen molar-refractivity contribution in [2.24, 2.45) is 12.8 Å². The number of nitrogens with two attached hydrogens (primary N) is 1. The molecule has 3 N–H and O–H groups in total. The van der Waals surface area contributed by atoms with Crippen molar-refractivity contribution in [3.63, 3.8) is 0 Å². The van der Waals surface area contributed by atoms with Gasteiger partial charge in [-0.3, -0.25) is 4.68 Å². The Morgan fingerprint density at radius 2 is 2.38 bits per heavy atom. The first-order valence-corrected chi connectivity index (χ1v) is 5.49. The van der Waals surface area contributed by atoms with Gasteiger partial charge in [-0.05, 0) is 25.5 Å². The molecule has 92 valence electrons. The Morgan fingerprint density at radius 1 is 1.62 bits per heavy atom. The zero-order chi connectivity index (χ0) is 12.0. The van der Waals surface area contributed by atoms with Gasteiger partial charge in [0.25, 0.3) is 0 Å². The summed E-state index contributed by atoms with van der Waals surface area (Å²) in [5.74, 6) is 0. The van der Waals surface area contributed by atoms with Gasteiger partial charge >= 0.3 is 0 Å². The van der Waals surface area contributed by atoms with E-state index >= 15 is 0 Å². The third-order valence-corrected chi connectivity index (χ3v) is 2.54. The molecule has 0 aliphatic rings. The molecule has 16 heavy (non-hydrogen) atoms. The van der Waals surface area contributed by atoms with Crippen LogP contribution < -0.4 is 5.73 Å². The summed E-state index contributed by atoms with van der Waals surface area (Å²) in [4.78, 5) is 0. The maximum absolute atomic E-state index is 10.4. The summed E-state index contributed by atoms with van der Waals surface area (Å²) in [5, 5.41) is 14.6. The van der Waals surface area contributed by atoms with E-state index in [0.717, 1.165) is 12.1 Å². The molecule has 0 spiro atoms.